The fourth-order valence-corrected chi connectivity index (χ4v) is 2.44. The molecule has 0 aromatic heterocycles. The van der Waals surface area contributed by atoms with E-state index < -0.39 is 0 Å². The van der Waals surface area contributed by atoms with Crippen molar-refractivity contribution >= 4 is 34.8 Å². The van der Waals surface area contributed by atoms with Gasteiger partial charge in [-0.25, -0.2) is 0 Å². The van der Waals surface area contributed by atoms with Gasteiger partial charge in [0.05, 0.1) is 27.9 Å². The SMILES string of the molecule is CC1(C)CN(C(=O)c2cc(N)c(Cl)c(Cl)c2)CCO1. The Hall–Kier alpha value is -0.970. The first-order valence-electron chi connectivity index (χ1n) is 5.98. The van der Waals surface area contributed by atoms with Crippen LogP contribution >= 0.6 is 23.2 Å². The van der Waals surface area contributed by atoms with Gasteiger partial charge in [0.2, 0.25) is 0 Å². The molecule has 0 radical (unpaired) electrons. The van der Waals surface area contributed by atoms with Crippen LogP contribution in [0.15, 0.2) is 12.1 Å². The van der Waals surface area contributed by atoms with Crippen molar-refractivity contribution in [2.75, 3.05) is 25.4 Å². The molecule has 1 amide bonds. The van der Waals surface area contributed by atoms with Crippen molar-refractivity contribution in [3.8, 4) is 0 Å². The van der Waals surface area contributed by atoms with Gasteiger partial charge in [-0.2, -0.15) is 0 Å². The lowest BCUT2D eigenvalue weighted by Crippen LogP contribution is -2.50. The van der Waals surface area contributed by atoms with Crippen molar-refractivity contribution in [3.63, 3.8) is 0 Å². The number of nitrogens with zero attached hydrogens (tertiary/aromatic N) is 1. The fraction of sp³-hybridized carbons (Fsp3) is 0.462. The second-order valence-electron chi connectivity index (χ2n) is 5.20. The molecule has 19 heavy (non-hydrogen) atoms. The zero-order chi connectivity index (χ0) is 14.2. The number of carbonyl (C=O) groups is 1. The van der Waals surface area contributed by atoms with Gasteiger partial charge < -0.3 is 15.4 Å². The predicted molar refractivity (Wildman–Crippen MR) is 76.8 cm³/mol. The van der Waals surface area contributed by atoms with E-state index in [1.54, 1.807) is 17.0 Å². The summed E-state index contributed by atoms with van der Waals surface area (Å²) in [6, 6.07) is 3.10. The lowest BCUT2D eigenvalue weighted by atomic mass is 10.1. The third-order valence-corrected chi connectivity index (χ3v) is 3.83. The molecule has 1 aliphatic rings. The normalized spacial score (nSPS) is 18.4. The maximum atomic E-state index is 12.4. The molecular weight excluding hydrogens is 287 g/mol. The van der Waals surface area contributed by atoms with E-state index in [0.29, 0.717) is 30.9 Å². The van der Waals surface area contributed by atoms with Crippen molar-refractivity contribution in [1.82, 2.24) is 4.90 Å². The minimum Gasteiger partial charge on any atom is -0.397 e. The van der Waals surface area contributed by atoms with Gasteiger partial charge in [0.15, 0.2) is 0 Å². The Morgan fingerprint density at radius 2 is 2.11 bits per heavy atom. The number of nitrogen functional groups attached to an aromatic ring is 1. The molecule has 1 fully saturated rings. The van der Waals surface area contributed by atoms with Crippen LogP contribution in [0.4, 0.5) is 5.69 Å². The second kappa shape index (κ2) is 5.19. The van der Waals surface area contributed by atoms with Crippen LogP contribution < -0.4 is 5.73 Å². The van der Waals surface area contributed by atoms with E-state index >= 15 is 0 Å². The number of benzene rings is 1. The molecular formula is C13H16Cl2N2O2. The van der Waals surface area contributed by atoms with Crippen molar-refractivity contribution in [2.45, 2.75) is 19.4 Å². The summed E-state index contributed by atoms with van der Waals surface area (Å²) in [5, 5.41) is 0.568. The number of morpholine rings is 1. The zero-order valence-electron chi connectivity index (χ0n) is 10.9. The minimum atomic E-state index is -0.338. The van der Waals surface area contributed by atoms with Gasteiger partial charge in [-0.15, -0.1) is 0 Å². The number of amides is 1. The zero-order valence-corrected chi connectivity index (χ0v) is 12.4. The van der Waals surface area contributed by atoms with Gasteiger partial charge in [0.25, 0.3) is 5.91 Å². The van der Waals surface area contributed by atoms with E-state index in [1.165, 1.54) is 0 Å². The molecule has 2 N–H and O–H groups in total. The molecule has 0 aliphatic carbocycles. The first kappa shape index (κ1) is 14.4. The Morgan fingerprint density at radius 1 is 1.42 bits per heavy atom. The maximum absolute atomic E-state index is 12.4. The summed E-state index contributed by atoms with van der Waals surface area (Å²) in [5.41, 5.74) is 6.15. The van der Waals surface area contributed by atoms with Gasteiger partial charge in [0.1, 0.15) is 0 Å². The summed E-state index contributed by atoms with van der Waals surface area (Å²) >= 11 is 11.8. The van der Waals surface area contributed by atoms with Gasteiger partial charge in [-0.05, 0) is 26.0 Å². The topological polar surface area (TPSA) is 55.6 Å². The number of halogens is 2. The molecule has 0 spiro atoms. The summed E-state index contributed by atoms with van der Waals surface area (Å²) in [6.07, 6.45) is 0. The largest absolute Gasteiger partial charge is 0.397 e. The van der Waals surface area contributed by atoms with E-state index in [-0.39, 0.29) is 21.6 Å². The smallest absolute Gasteiger partial charge is 0.254 e. The second-order valence-corrected chi connectivity index (χ2v) is 5.98. The first-order chi connectivity index (χ1) is 8.80. The number of nitrogens with two attached hydrogens (primary N) is 1. The molecule has 2 rings (SSSR count). The summed E-state index contributed by atoms with van der Waals surface area (Å²) < 4.78 is 5.58. The summed E-state index contributed by atoms with van der Waals surface area (Å²) in [5.74, 6) is -0.110. The van der Waals surface area contributed by atoms with Crippen molar-refractivity contribution in [1.29, 1.82) is 0 Å². The molecule has 1 heterocycles. The molecule has 1 aromatic rings. The summed E-state index contributed by atoms with van der Waals surface area (Å²) in [4.78, 5) is 14.2. The molecule has 0 saturated carbocycles. The first-order valence-corrected chi connectivity index (χ1v) is 6.73. The number of rotatable bonds is 1. The maximum Gasteiger partial charge on any atom is 0.254 e. The van der Waals surface area contributed by atoms with Crippen LogP contribution in [0, 0.1) is 0 Å². The average molecular weight is 303 g/mol. The minimum absolute atomic E-state index is 0.110. The molecule has 1 saturated heterocycles. The number of anilines is 1. The van der Waals surface area contributed by atoms with E-state index in [9.17, 15) is 4.79 Å². The Bertz CT molecular complexity index is 494. The molecule has 0 atom stereocenters. The highest BCUT2D eigenvalue weighted by molar-refractivity contribution is 6.43. The molecule has 1 aliphatic heterocycles. The number of ether oxygens (including phenoxy) is 1. The fourth-order valence-electron chi connectivity index (χ4n) is 2.11. The van der Waals surface area contributed by atoms with E-state index in [2.05, 4.69) is 0 Å². The molecule has 1 aromatic carbocycles. The van der Waals surface area contributed by atoms with E-state index in [0.717, 1.165) is 0 Å². The summed E-state index contributed by atoms with van der Waals surface area (Å²) in [7, 11) is 0. The predicted octanol–water partition coefficient (Wildman–Crippen LogP) is 2.83. The highest BCUT2D eigenvalue weighted by Crippen LogP contribution is 2.30. The van der Waals surface area contributed by atoms with Crippen LogP contribution in [-0.2, 0) is 4.74 Å². The van der Waals surface area contributed by atoms with Gasteiger partial charge in [0, 0.05) is 18.7 Å². The molecule has 0 unspecified atom stereocenters. The highest BCUT2D eigenvalue weighted by Gasteiger charge is 2.30. The standard InChI is InChI=1S/C13H16Cl2N2O2/c1-13(2)7-17(3-4-19-13)12(18)8-5-9(14)11(15)10(16)6-8/h5-6H,3-4,7,16H2,1-2H3. The van der Waals surface area contributed by atoms with Gasteiger partial charge >= 0.3 is 0 Å². The highest BCUT2D eigenvalue weighted by atomic mass is 35.5. The third kappa shape index (κ3) is 3.14. The van der Waals surface area contributed by atoms with Crippen LogP contribution in [0.1, 0.15) is 24.2 Å². The Labute approximate surface area is 122 Å². The molecule has 6 heteroatoms. The number of hydrogen-bond acceptors (Lipinski definition) is 3. The van der Waals surface area contributed by atoms with Crippen LogP contribution in [0.5, 0.6) is 0 Å². The lowest BCUT2D eigenvalue weighted by Gasteiger charge is -2.38. The summed E-state index contributed by atoms with van der Waals surface area (Å²) in [6.45, 7) is 5.52. The van der Waals surface area contributed by atoms with Crippen LogP contribution in [0.2, 0.25) is 10.0 Å². The number of carbonyl (C=O) groups excluding carboxylic acids is 1. The van der Waals surface area contributed by atoms with Gasteiger partial charge in [-0.1, -0.05) is 23.2 Å². The molecule has 0 bridgehead atoms. The van der Waals surface area contributed by atoms with Gasteiger partial charge in [-0.3, -0.25) is 4.79 Å². The van der Waals surface area contributed by atoms with Crippen molar-refractivity contribution < 1.29 is 9.53 Å². The van der Waals surface area contributed by atoms with Crippen molar-refractivity contribution in [3.05, 3.63) is 27.7 Å². The Balaban J connectivity index is 2.25. The average Bonchev–Trinajstić information content (AvgIpc) is 2.33. The molecule has 104 valence electrons. The number of hydrogen-bond donors (Lipinski definition) is 1. The third-order valence-electron chi connectivity index (χ3n) is 3.02. The Kier molecular flexibility index (Phi) is 3.95. The van der Waals surface area contributed by atoms with Crippen LogP contribution in [0.3, 0.4) is 0 Å². The quantitative estimate of drug-likeness (QED) is 0.812. The molecule has 4 nitrogen and oxygen atoms in total. The lowest BCUT2D eigenvalue weighted by molar-refractivity contribution is -0.0763. The Morgan fingerprint density at radius 3 is 2.68 bits per heavy atom. The van der Waals surface area contributed by atoms with Crippen molar-refractivity contribution in [2.24, 2.45) is 0 Å². The van der Waals surface area contributed by atoms with Crippen LogP contribution in [0.25, 0.3) is 0 Å². The monoisotopic (exact) mass is 302 g/mol. The van der Waals surface area contributed by atoms with Crippen LogP contribution in [-0.4, -0.2) is 36.1 Å². The van der Waals surface area contributed by atoms with E-state index in [4.69, 9.17) is 33.7 Å². The van der Waals surface area contributed by atoms with E-state index in [1.807, 2.05) is 13.8 Å².